The summed E-state index contributed by atoms with van der Waals surface area (Å²) in [6.45, 7) is 6.85. The average Bonchev–Trinajstić information content (AvgIpc) is 2.55. The number of hydrogen-bond donors (Lipinski definition) is 1. The molecule has 15 heavy (non-hydrogen) atoms. The summed E-state index contributed by atoms with van der Waals surface area (Å²) in [6, 6.07) is 1.23. The Bertz CT molecular complexity index is 260. The van der Waals surface area contributed by atoms with E-state index in [1.54, 1.807) is 6.92 Å². The van der Waals surface area contributed by atoms with E-state index in [9.17, 15) is 4.79 Å². The summed E-state index contributed by atoms with van der Waals surface area (Å²) >= 11 is 0. The topological polar surface area (TPSA) is 40.5 Å². The molecule has 0 aromatic heterocycles. The van der Waals surface area contributed by atoms with Crippen molar-refractivity contribution in [2.45, 2.75) is 52.1 Å². The van der Waals surface area contributed by atoms with Gasteiger partial charge in [0, 0.05) is 24.2 Å². The van der Waals surface area contributed by atoms with Crippen molar-refractivity contribution in [2.75, 3.05) is 6.54 Å². The fourth-order valence-electron chi connectivity index (χ4n) is 2.22. The first-order valence-electron chi connectivity index (χ1n) is 5.72. The minimum Gasteiger partial charge on any atom is -0.478 e. The number of hydrogen-bond acceptors (Lipinski definition) is 2. The second kappa shape index (κ2) is 5.31. The highest BCUT2D eigenvalue weighted by atomic mass is 16.4. The van der Waals surface area contributed by atoms with Crippen LogP contribution >= 0.6 is 0 Å². The van der Waals surface area contributed by atoms with Crippen molar-refractivity contribution in [3.05, 3.63) is 11.6 Å². The molecule has 0 bridgehead atoms. The number of aliphatic carboxylic acids is 1. The molecule has 1 saturated heterocycles. The molecule has 3 nitrogen and oxygen atoms in total. The van der Waals surface area contributed by atoms with Crippen LogP contribution < -0.4 is 0 Å². The lowest BCUT2D eigenvalue weighted by Crippen LogP contribution is -2.34. The molecule has 1 N–H and O–H groups in total. The van der Waals surface area contributed by atoms with Crippen LogP contribution in [0.25, 0.3) is 0 Å². The van der Waals surface area contributed by atoms with Crippen molar-refractivity contribution in [3.63, 3.8) is 0 Å². The Labute approximate surface area is 91.8 Å². The molecule has 3 heteroatoms. The van der Waals surface area contributed by atoms with Gasteiger partial charge in [0.25, 0.3) is 0 Å². The van der Waals surface area contributed by atoms with Crippen LogP contribution in [-0.4, -0.2) is 34.6 Å². The summed E-state index contributed by atoms with van der Waals surface area (Å²) in [5.41, 5.74) is 0.448. The van der Waals surface area contributed by atoms with E-state index in [1.807, 2.05) is 6.08 Å². The molecule has 0 aromatic rings. The highest BCUT2D eigenvalue weighted by Gasteiger charge is 2.28. The van der Waals surface area contributed by atoms with E-state index in [4.69, 9.17) is 5.11 Å². The molecular weight excluding hydrogens is 190 g/mol. The predicted molar refractivity (Wildman–Crippen MR) is 60.9 cm³/mol. The zero-order valence-corrected chi connectivity index (χ0v) is 9.86. The Hall–Kier alpha value is -0.830. The molecule has 2 atom stereocenters. The summed E-state index contributed by atoms with van der Waals surface area (Å²) in [5, 5.41) is 8.76. The van der Waals surface area contributed by atoms with Gasteiger partial charge in [-0.3, -0.25) is 4.90 Å². The lowest BCUT2D eigenvalue weighted by Gasteiger charge is -2.26. The minimum atomic E-state index is -0.810. The Balaban J connectivity index is 2.56. The predicted octanol–water partition coefficient (Wildman–Crippen LogP) is 2.28. The Morgan fingerprint density at radius 3 is 2.73 bits per heavy atom. The van der Waals surface area contributed by atoms with Gasteiger partial charge < -0.3 is 5.11 Å². The van der Waals surface area contributed by atoms with Crippen molar-refractivity contribution in [1.82, 2.24) is 4.90 Å². The Morgan fingerprint density at radius 2 is 2.20 bits per heavy atom. The molecule has 86 valence electrons. The van der Waals surface area contributed by atoms with Gasteiger partial charge in [0.2, 0.25) is 0 Å². The van der Waals surface area contributed by atoms with Crippen LogP contribution in [0.5, 0.6) is 0 Å². The smallest absolute Gasteiger partial charge is 0.330 e. The normalized spacial score (nSPS) is 28.3. The zero-order chi connectivity index (χ0) is 11.4. The van der Waals surface area contributed by atoms with E-state index >= 15 is 0 Å². The SMILES string of the molecule is CCC1CCC(C)N1C/C=C(/C)C(=O)O. The molecular formula is C12H21NO2. The van der Waals surface area contributed by atoms with Crippen molar-refractivity contribution < 1.29 is 9.90 Å². The van der Waals surface area contributed by atoms with Crippen molar-refractivity contribution in [3.8, 4) is 0 Å². The quantitative estimate of drug-likeness (QED) is 0.725. The first-order chi connectivity index (χ1) is 7.06. The van der Waals surface area contributed by atoms with Gasteiger partial charge in [-0.15, -0.1) is 0 Å². The van der Waals surface area contributed by atoms with Crippen LogP contribution in [0.1, 0.15) is 40.0 Å². The summed E-state index contributed by atoms with van der Waals surface area (Å²) < 4.78 is 0. The van der Waals surface area contributed by atoms with Gasteiger partial charge in [0.1, 0.15) is 0 Å². The third-order valence-electron chi connectivity index (χ3n) is 3.37. The van der Waals surface area contributed by atoms with Crippen LogP contribution in [0.4, 0.5) is 0 Å². The molecule has 1 aliphatic heterocycles. The van der Waals surface area contributed by atoms with Crippen LogP contribution in [0.15, 0.2) is 11.6 Å². The van der Waals surface area contributed by atoms with E-state index in [0.717, 1.165) is 13.0 Å². The van der Waals surface area contributed by atoms with E-state index in [1.165, 1.54) is 12.8 Å². The highest BCUT2D eigenvalue weighted by Crippen LogP contribution is 2.25. The maximum atomic E-state index is 10.6. The van der Waals surface area contributed by atoms with Gasteiger partial charge >= 0.3 is 5.97 Å². The first kappa shape index (κ1) is 12.2. The second-order valence-electron chi connectivity index (χ2n) is 4.38. The van der Waals surface area contributed by atoms with Crippen LogP contribution in [0.2, 0.25) is 0 Å². The van der Waals surface area contributed by atoms with Crippen molar-refractivity contribution >= 4 is 5.97 Å². The summed E-state index contributed by atoms with van der Waals surface area (Å²) in [6.07, 6.45) is 5.47. The fraction of sp³-hybridized carbons (Fsp3) is 0.750. The number of likely N-dealkylation sites (tertiary alicyclic amines) is 1. The maximum absolute atomic E-state index is 10.6. The summed E-state index contributed by atoms with van der Waals surface area (Å²) in [7, 11) is 0. The number of carboxylic acids is 1. The van der Waals surface area contributed by atoms with Gasteiger partial charge in [-0.2, -0.15) is 0 Å². The Kier molecular flexibility index (Phi) is 4.33. The standard InChI is InChI=1S/C12H21NO2/c1-4-11-6-5-10(3)13(11)8-7-9(2)12(14)15/h7,10-11H,4-6,8H2,1-3H3,(H,14,15)/b9-7-. The monoisotopic (exact) mass is 211 g/mol. The molecule has 1 aliphatic rings. The molecule has 0 aromatic carbocycles. The molecule has 1 rings (SSSR count). The third kappa shape index (κ3) is 3.06. The molecule has 1 heterocycles. The third-order valence-corrected chi connectivity index (χ3v) is 3.37. The Morgan fingerprint density at radius 1 is 1.53 bits per heavy atom. The minimum absolute atomic E-state index is 0.448. The largest absolute Gasteiger partial charge is 0.478 e. The molecule has 1 fully saturated rings. The van der Waals surface area contributed by atoms with Gasteiger partial charge in [0.05, 0.1) is 0 Å². The van der Waals surface area contributed by atoms with Crippen molar-refractivity contribution in [1.29, 1.82) is 0 Å². The summed E-state index contributed by atoms with van der Waals surface area (Å²) in [5.74, 6) is -0.810. The van der Waals surface area contributed by atoms with E-state index < -0.39 is 5.97 Å². The van der Waals surface area contributed by atoms with Crippen LogP contribution in [0, 0.1) is 0 Å². The van der Waals surface area contributed by atoms with E-state index in [2.05, 4.69) is 18.7 Å². The van der Waals surface area contributed by atoms with Gasteiger partial charge in [0.15, 0.2) is 0 Å². The van der Waals surface area contributed by atoms with Gasteiger partial charge in [-0.1, -0.05) is 13.0 Å². The van der Waals surface area contributed by atoms with Gasteiger partial charge in [-0.25, -0.2) is 4.79 Å². The van der Waals surface area contributed by atoms with Crippen LogP contribution in [0.3, 0.4) is 0 Å². The molecule has 2 unspecified atom stereocenters. The van der Waals surface area contributed by atoms with E-state index in [0.29, 0.717) is 17.7 Å². The number of rotatable bonds is 4. The molecule has 0 radical (unpaired) electrons. The lowest BCUT2D eigenvalue weighted by atomic mass is 10.1. The highest BCUT2D eigenvalue weighted by molar-refractivity contribution is 5.85. The number of carbonyl (C=O) groups is 1. The molecule has 0 spiro atoms. The number of carboxylic acid groups (broad SMARTS) is 1. The number of nitrogens with zero attached hydrogens (tertiary/aromatic N) is 1. The molecule has 0 amide bonds. The molecule has 0 aliphatic carbocycles. The maximum Gasteiger partial charge on any atom is 0.330 e. The first-order valence-corrected chi connectivity index (χ1v) is 5.72. The van der Waals surface area contributed by atoms with Gasteiger partial charge in [-0.05, 0) is 33.1 Å². The van der Waals surface area contributed by atoms with Crippen molar-refractivity contribution in [2.24, 2.45) is 0 Å². The fourth-order valence-corrected chi connectivity index (χ4v) is 2.22. The second-order valence-corrected chi connectivity index (χ2v) is 4.38. The van der Waals surface area contributed by atoms with Crippen LogP contribution in [-0.2, 0) is 4.79 Å². The summed E-state index contributed by atoms with van der Waals surface area (Å²) in [4.78, 5) is 13.1. The zero-order valence-electron chi connectivity index (χ0n) is 9.86. The van der Waals surface area contributed by atoms with E-state index in [-0.39, 0.29) is 0 Å². The molecule has 0 saturated carbocycles. The lowest BCUT2D eigenvalue weighted by molar-refractivity contribution is -0.132. The average molecular weight is 211 g/mol.